The second kappa shape index (κ2) is 7.34. The summed E-state index contributed by atoms with van der Waals surface area (Å²) in [4.78, 5) is 32.3. The number of amides is 2. The first-order valence-corrected chi connectivity index (χ1v) is 10.7. The Labute approximate surface area is 172 Å². The zero-order valence-electron chi connectivity index (χ0n) is 17.0. The molecule has 1 spiro atoms. The van der Waals surface area contributed by atoms with Crippen LogP contribution in [-0.2, 0) is 4.79 Å². The molecule has 3 aliphatic rings. The van der Waals surface area contributed by atoms with Crippen LogP contribution in [0.25, 0.3) is 0 Å². The number of benzene rings is 1. The van der Waals surface area contributed by atoms with Crippen LogP contribution in [-0.4, -0.2) is 71.8 Å². The maximum Gasteiger partial charge on any atom is 0.253 e. The monoisotopic (exact) mass is 403 g/mol. The lowest BCUT2D eigenvalue weighted by atomic mass is 9.75. The molecule has 2 amide bonds. The normalized spacial score (nSPS) is 27.1. The molecular formula is C22H30ClN3O2. The summed E-state index contributed by atoms with van der Waals surface area (Å²) >= 11 is 6.05. The van der Waals surface area contributed by atoms with Crippen LogP contribution in [0, 0.1) is 17.8 Å². The first-order valence-electron chi connectivity index (χ1n) is 10.4. The molecule has 0 N–H and O–H groups in total. The molecule has 1 aromatic rings. The molecule has 4 rings (SSSR count). The molecule has 0 aliphatic carbocycles. The number of carbonyl (C=O) groups is 2. The lowest BCUT2D eigenvalue weighted by Gasteiger charge is -2.46. The van der Waals surface area contributed by atoms with Crippen LogP contribution in [0.5, 0.6) is 0 Å². The average Bonchev–Trinajstić information content (AvgIpc) is 3.16. The van der Waals surface area contributed by atoms with Crippen molar-refractivity contribution >= 4 is 23.4 Å². The van der Waals surface area contributed by atoms with Crippen LogP contribution in [0.1, 0.15) is 37.0 Å². The Morgan fingerprint density at radius 3 is 2.61 bits per heavy atom. The van der Waals surface area contributed by atoms with Gasteiger partial charge in [0, 0.05) is 56.3 Å². The number of nitrogens with zero attached hydrogens (tertiary/aromatic N) is 3. The van der Waals surface area contributed by atoms with Gasteiger partial charge in [0.15, 0.2) is 0 Å². The van der Waals surface area contributed by atoms with E-state index in [-0.39, 0.29) is 17.4 Å². The number of carbonyl (C=O) groups excluding carboxylic acids is 2. The van der Waals surface area contributed by atoms with Crippen molar-refractivity contribution in [3.05, 3.63) is 34.9 Å². The largest absolute Gasteiger partial charge is 0.339 e. The summed E-state index contributed by atoms with van der Waals surface area (Å²) in [6.07, 6.45) is 1.72. The minimum absolute atomic E-state index is 0.0359. The van der Waals surface area contributed by atoms with Crippen LogP contribution in [0.4, 0.5) is 0 Å². The zero-order valence-corrected chi connectivity index (χ0v) is 17.8. The Bertz CT molecular complexity index is 773. The number of hydrogen-bond acceptors (Lipinski definition) is 3. The molecule has 6 heteroatoms. The quantitative estimate of drug-likeness (QED) is 0.779. The fourth-order valence-electron chi connectivity index (χ4n) is 5.67. The summed E-state index contributed by atoms with van der Waals surface area (Å²) in [5.74, 6) is 1.45. The van der Waals surface area contributed by atoms with Gasteiger partial charge in [-0.05, 0) is 37.0 Å². The molecule has 3 aliphatic heterocycles. The SMILES string of the molecule is CC(C)CN1C[C@H]2C(=O)N(C)C3(CCN(C(=O)c4cccc(Cl)c4)CC3)[C@H]2C1. The van der Waals surface area contributed by atoms with E-state index in [1.807, 2.05) is 29.0 Å². The first-order chi connectivity index (χ1) is 13.3. The average molecular weight is 404 g/mol. The molecule has 5 nitrogen and oxygen atoms in total. The van der Waals surface area contributed by atoms with Crippen molar-refractivity contribution < 1.29 is 9.59 Å². The van der Waals surface area contributed by atoms with E-state index in [9.17, 15) is 9.59 Å². The van der Waals surface area contributed by atoms with Crippen LogP contribution in [0.15, 0.2) is 24.3 Å². The summed E-state index contributed by atoms with van der Waals surface area (Å²) in [5.41, 5.74) is 0.541. The molecule has 0 unspecified atom stereocenters. The highest BCUT2D eigenvalue weighted by atomic mass is 35.5. The van der Waals surface area contributed by atoms with Crippen molar-refractivity contribution in [1.82, 2.24) is 14.7 Å². The van der Waals surface area contributed by atoms with Gasteiger partial charge in [0.2, 0.25) is 5.91 Å². The standard InChI is InChI=1S/C22H30ClN3O2/c1-15(2)12-25-13-18-19(14-25)22(24(3)21(18)28)7-9-26(10-8-22)20(27)16-5-4-6-17(23)11-16/h4-6,11,15,18-19H,7-10,12-14H2,1-3H3/t18-,19+/m1/s1. The van der Waals surface area contributed by atoms with E-state index in [4.69, 9.17) is 11.6 Å². The van der Waals surface area contributed by atoms with Gasteiger partial charge in [-0.25, -0.2) is 0 Å². The van der Waals surface area contributed by atoms with Crippen molar-refractivity contribution in [3.8, 4) is 0 Å². The van der Waals surface area contributed by atoms with E-state index in [0.29, 0.717) is 41.4 Å². The minimum Gasteiger partial charge on any atom is -0.339 e. The highest BCUT2D eigenvalue weighted by Crippen LogP contribution is 2.49. The van der Waals surface area contributed by atoms with Gasteiger partial charge in [0.1, 0.15) is 0 Å². The van der Waals surface area contributed by atoms with Crippen molar-refractivity contribution in [2.24, 2.45) is 17.8 Å². The van der Waals surface area contributed by atoms with Gasteiger partial charge in [-0.2, -0.15) is 0 Å². The topological polar surface area (TPSA) is 43.9 Å². The number of likely N-dealkylation sites (tertiary alicyclic amines) is 3. The van der Waals surface area contributed by atoms with Crippen molar-refractivity contribution in [3.63, 3.8) is 0 Å². The number of rotatable bonds is 3. The second-order valence-electron chi connectivity index (χ2n) is 9.13. The van der Waals surface area contributed by atoms with E-state index in [2.05, 4.69) is 18.7 Å². The van der Waals surface area contributed by atoms with E-state index < -0.39 is 0 Å². The molecule has 3 saturated heterocycles. The highest BCUT2D eigenvalue weighted by Gasteiger charge is 2.60. The van der Waals surface area contributed by atoms with Gasteiger partial charge in [0.05, 0.1) is 11.5 Å². The lowest BCUT2D eigenvalue weighted by Crippen LogP contribution is -2.56. The van der Waals surface area contributed by atoms with E-state index in [1.54, 1.807) is 12.1 Å². The predicted octanol–water partition coefficient (Wildman–Crippen LogP) is 2.99. The molecule has 0 radical (unpaired) electrons. The van der Waals surface area contributed by atoms with Crippen molar-refractivity contribution in [2.45, 2.75) is 32.2 Å². The fourth-order valence-corrected chi connectivity index (χ4v) is 5.86. The van der Waals surface area contributed by atoms with Gasteiger partial charge in [-0.1, -0.05) is 31.5 Å². The van der Waals surface area contributed by atoms with Crippen LogP contribution < -0.4 is 0 Å². The second-order valence-corrected chi connectivity index (χ2v) is 9.57. The molecular weight excluding hydrogens is 374 g/mol. The van der Waals surface area contributed by atoms with E-state index >= 15 is 0 Å². The Balaban J connectivity index is 1.48. The third kappa shape index (κ3) is 3.22. The fraction of sp³-hybridized carbons (Fsp3) is 0.636. The Hall–Kier alpha value is -1.59. The maximum atomic E-state index is 13.0. The zero-order chi connectivity index (χ0) is 20.1. The Kier molecular flexibility index (Phi) is 5.17. The smallest absolute Gasteiger partial charge is 0.253 e. The van der Waals surface area contributed by atoms with E-state index in [1.165, 1.54) is 0 Å². The highest BCUT2D eigenvalue weighted by molar-refractivity contribution is 6.30. The molecule has 1 aromatic carbocycles. The molecule has 0 aromatic heterocycles. The van der Waals surface area contributed by atoms with E-state index in [0.717, 1.165) is 32.5 Å². The maximum absolute atomic E-state index is 13.0. The molecule has 2 atom stereocenters. The van der Waals surface area contributed by atoms with Crippen LogP contribution in [0.2, 0.25) is 5.02 Å². The van der Waals surface area contributed by atoms with Crippen LogP contribution in [0.3, 0.4) is 0 Å². The number of piperidine rings is 1. The van der Waals surface area contributed by atoms with Gasteiger partial charge < -0.3 is 14.7 Å². The van der Waals surface area contributed by atoms with Crippen LogP contribution >= 0.6 is 11.6 Å². The molecule has 28 heavy (non-hydrogen) atoms. The summed E-state index contributed by atoms with van der Waals surface area (Å²) in [6.45, 7) is 8.79. The van der Waals surface area contributed by atoms with Crippen molar-refractivity contribution in [2.75, 3.05) is 39.8 Å². The molecule has 152 valence electrons. The summed E-state index contributed by atoms with van der Waals surface area (Å²) in [5, 5.41) is 0.583. The number of fused-ring (bicyclic) bond motifs is 2. The summed E-state index contributed by atoms with van der Waals surface area (Å²) < 4.78 is 0. The molecule has 3 fully saturated rings. The lowest BCUT2D eigenvalue weighted by molar-refractivity contribution is -0.133. The summed E-state index contributed by atoms with van der Waals surface area (Å²) in [6, 6.07) is 7.15. The third-order valence-electron chi connectivity index (χ3n) is 7.01. The Morgan fingerprint density at radius 1 is 1.25 bits per heavy atom. The van der Waals surface area contributed by atoms with Gasteiger partial charge in [-0.3, -0.25) is 9.59 Å². The van der Waals surface area contributed by atoms with Crippen molar-refractivity contribution in [1.29, 1.82) is 0 Å². The van der Waals surface area contributed by atoms with Gasteiger partial charge in [-0.15, -0.1) is 0 Å². The number of hydrogen-bond donors (Lipinski definition) is 0. The minimum atomic E-state index is -0.0986. The third-order valence-corrected chi connectivity index (χ3v) is 7.25. The van der Waals surface area contributed by atoms with Gasteiger partial charge in [0.25, 0.3) is 5.91 Å². The Morgan fingerprint density at radius 2 is 1.96 bits per heavy atom. The summed E-state index contributed by atoms with van der Waals surface area (Å²) in [7, 11) is 1.97. The molecule has 3 heterocycles. The molecule has 0 bridgehead atoms. The molecule has 0 saturated carbocycles. The van der Waals surface area contributed by atoms with Gasteiger partial charge >= 0.3 is 0 Å². The predicted molar refractivity (Wildman–Crippen MR) is 110 cm³/mol. The number of halogens is 1. The first kappa shape index (κ1) is 19.7.